The van der Waals surface area contributed by atoms with Crippen LogP contribution in [0.25, 0.3) is 0 Å². The number of para-hydroxylation sites is 2. The second-order valence-corrected chi connectivity index (χ2v) is 6.07. The minimum absolute atomic E-state index is 0.159. The van der Waals surface area contributed by atoms with E-state index >= 15 is 0 Å². The van der Waals surface area contributed by atoms with Gasteiger partial charge >= 0.3 is 0 Å². The van der Waals surface area contributed by atoms with E-state index < -0.39 is 16.7 Å². The predicted octanol–water partition coefficient (Wildman–Crippen LogP) is 2.12. The number of carbonyl (C=O) groups excluding carboxylic acids is 1. The average Bonchev–Trinajstić information content (AvgIpc) is 2.43. The molecule has 1 atom stereocenters. The lowest BCUT2D eigenvalue weighted by atomic mass is 10.00. The van der Waals surface area contributed by atoms with E-state index in [1.165, 1.54) is 0 Å². The molecule has 0 bridgehead atoms. The van der Waals surface area contributed by atoms with Crippen LogP contribution in [0.3, 0.4) is 0 Å². The maximum Gasteiger partial charge on any atom is 0.230 e. The van der Waals surface area contributed by atoms with E-state index in [0.717, 1.165) is 11.1 Å². The lowest BCUT2D eigenvalue weighted by Crippen LogP contribution is -2.24. The van der Waals surface area contributed by atoms with E-state index in [2.05, 4.69) is 0 Å². The van der Waals surface area contributed by atoms with Gasteiger partial charge in [-0.05, 0) is 12.1 Å². The summed E-state index contributed by atoms with van der Waals surface area (Å²) in [7, 11) is -1.41. The molecule has 1 heterocycles. The van der Waals surface area contributed by atoms with Crippen LogP contribution in [0.2, 0.25) is 0 Å². The van der Waals surface area contributed by atoms with Gasteiger partial charge < -0.3 is 10.5 Å². The zero-order valence-corrected chi connectivity index (χ0v) is 11.4. The molecule has 0 aromatic heterocycles. The first kappa shape index (κ1) is 12.9. The van der Waals surface area contributed by atoms with Crippen molar-refractivity contribution in [1.82, 2.24) is 0 Å². The summed E-state index contributed by atoms with van der Waals surface area (Å²) < 4.78 is 18.3. The Kier molecular flexibility index (Phi) is 3.28. The summed E-state index contributed by atoms with van der Waals surface area (Å²) in [5, 5.41) is -0.386. The highest BCUT2D eigenvalue weighted by molar-refractivity contribution is 7.86. The van der Waals surface area contributed by atoms with Crippen LogP contribution in [0.1, 0.15) is 16.4 Å². The van der Waals surface area contributed by atoms with Gasteiger partial charge in [0, 0.05) is 21.9 Å². The molecule has 1 aliphatic rings. The molecule has 2 aromatic rings. The molecule has 4 nitrogen and oxygen atoms in total. The van der Waals surface area contributed by atoms with E-state index in [1.54, 1.807) is 0 Å². The number of nitrogens with two attached hydrogens (primary N) is 1. The molecule has 5 heteroatoms. The maximum atomic E-state index is 12.5. The van der Waals surface area contributed by atoms with Crippen LogP contribution in [0.5, 0.6) is 11.5 Å². The Bertz CT molecular complexity index is 654. The zero-order valence-electron chi connectivity index (χ0n) is 10.6. The highest BCUT2D eigenvalue weighted by atomic mass is 32.2. The molecule has 0 fully saturated rings. The lowest BCUT2D eigenvalue weighted by Gasteiger charge is -2.27. The van der Waals surface area contributed by atoms with Crippen molar-refractivity contribution >= 4 is 16.7 Å². The van der Waals surface area contributed by atoms with Gasteiger partial charge in [-0.15, -0.1) is 0 Å². The second-order valence-electron chi connectivity index (χ2n) is 4.55. The maximum absolute atomic E-state index is 12.5. The largest absolute Gasteiger partial charge is 0.457 e. The third-order valence-corrected chi connectivity index (χ3v) is 4.77. The van der Waals surface area contributed by atoms with Crippen molar-refractivity contribution in [3.05, 3.63) is 59.7 Å². The van der Waals surface area contributed by atoms with Crippen molar-refractivity contribution in [1.29, 1.82) is 0 Å². The number of hydrogen-bond acceptors (Lipinski definition) is 3. The summed E-state index contributed by atoms with van der Waals surface area (Å²) in [5.74, 6) is 0.626. The molecule has 0 aliphatic carbocycles. The Morgan fingerprint density at radius 2 is 1.55 bits per heavy atom. The van der Waals surface area contributed by atoms with Crippen LogP contribution >= 0.6 is 0 Å². The number of benzene rings is 2. The Morgan fingerprint density at radius 3 is 2.05 bits per heavy atom. The topological polar surface area (TPSA) is 69.4 Å². The first-order valence-electron chi connectivity index (χ1n) is 6.18. The molecule has 0 spiro atoms. The average molecular weight is 287 g/mol. The van der Waals surface area contributed by atoms with Gasteiger partial charge in [0.05, 0.1) is 5.25 Å². The predicted molar refractivity (Wildman–Crippen MR) is 77.0 cm³/mol. The quantitative estimate of drug-likeness (QED) is 0.940. The fraction of sp³-hybridized carbons (Fsp3) is 0.133. The molecule has 2 N–H and O–H groups in total. The van der Waals surface area contributed by atoms with Gasteiger partial charge in [-0.25, -0.2) is 0 Å². The number of fused-ring (bicyclic) bond motifs is 2. The normalized spacial score (nSPS) is 14.8. The highest BCUT2D eigenvalue weighted by Crippen LogP contribution is 2.45. The van der Waals surface area contributed by atoms with Crippen LogP contribution in [0.4, 0.5) is 0 Å². The second kappa shape index (κ2) is 5.09. The number of hydrogen-bond donors (Lipinski definition) is 1. The minimum atomic E-state index is -1.41. The lowest BCUT2D eigenvalue weighted by molar-refractivity contribution is -0.115. The van der Waals surface area contributed by atoms with Gasteiger partial charge in [-0.2, -0.15) is 0 Å². The van der Waals surface area contributed by atoms with E-state index in [1.807, 2.05) is 48.5 Å². The number of carbonyl (C=O) groups is 1. The Morgan fingerprint density at radius 1 is 1.05 bits per heavy atom. The smallest absolute Gasteiger partial charge is 0.230 e. The van der Waals surface area contributed by atoms with Crippen LogP contribution in [0.15, 0.2) is 48.5 Å². The van der Waals surface area contributed by atoms with Crippen molar-refractivity contribution in [3.8, 4) is 11.5 Å². The fourth-order valence-corrected chi connectivity index (χ4v) is 3.78. The van der Waals surface area contributed by atoms with Crippen molar-refractivity contribution in [3.63, 3.8) is 0 Å². The monoisotopic (exact) mass is 287 g/mol. The third kappa shape index (κ3) is 2.20. The number of amides is 1. The summed E-state index contributed by atoms with van der Waals surface area (Å²) in [5.41, 5.74) is 6.83. The molecular formula is C15H13NO3S. The molecule has 102 valence electrons. The summed E-state index contributed by atoms with van der Waals surface area (Å²) >= 11 is 0. The zero-order chi connectivity index (χ0) is 14.1. The van der Waals surface area contributed by atoms with Crippen LogP contribution in [-0.4, -0.2) is 15.9 Å². The highest BCUT2D eigenvalue weighted by Gasteiger charge is 2.31. The molecule has 3 rings (SSSR count). The number of rotatable bonds is 3. The van der Waals surface area contributed by atoms with Gasteiger partial charge in [0.1, 0.15) is 17.3 Å². The van der Waals surface area contributed by atoms with Gasteiger partial charge in [0.2, 0.25) is 5.91 Å². The molecule has 0 saturated carbocycles. The SMILES string of the molecule is NC(=O)CS(=O)C1c2ccccc2Oc2ccccc21. The van der Waals surface area contributed by atoms with E-state index in [-0.39, 0.29) is 11.0 Å². The molecule has 1 aliphatic heterocycles. The first-order valence-corrected chi connectivity index (χ1v) is 7.56. The van der Waals surface area contributed by atoms with Crippen LogP contribution in [-0.2, 0) is 15.6 Å². The summed E-state index contributed by atoms with van der Waals surface area (Å²) in [6.45, 7) is 0. The number of ether oxygens (including phenoxy) is 1. The van der Waals surface area contributed by atoms with Crippen molar-refractivity contribution < 1.29 is 13.7 Å². The molecular weight excluding hydrogens is 274 g/mol. The molecule has 0 radical (unpaired) electrons. The summed E-state index contributed by atoms with van der Waals surface area (Å²) in [6.07, 6.45) is 0. The van der Waals surface area contributed by atoms with E-state index in [9.17, 15) is 9.00 Å². The van der Waals surface area contributed by atoms with Crippen LogP contribution < -0.4 is 10.5 Å². The van der Waals surface area contributed by atoms with E-state index in [0.29, 0.717) is 11.5 Å². The van der Waals surface area contributed by atoms with Gasteiger partial charge in [0.15, 0.2) is 0 Å². The fourth-order valence-electron chi connectivity index (χ4n) is 2.37. The number of primary amides is 1. The Hall–Kier alpha value is -2.14. The third-order valence-electron chi connectivity index (χ3n) is 3.17. The van der Waals surface area contributed by atoms with Gasteiger partial charge in [-0.3, -0.25) is 9.00 Å². The van der Waals surface area contributed by atoms with Crippen molar-refractivity contribution in [2.24, 2.45) is 5.73 Å². The van der Waals surface area contributed by atoms with Crippen molar-refractivity contribution in [2.45, 2.75) is 5.25 Å². The van der Waals surface area contributed by atoms with Crippen LogP contribution in [0, 0.1) is 0 Å². The summed E-state index contributed by atoms with van der Waals surface area (Å²) in [6, 6.07) is 14.9. The molecule has 2 aromatic carbocycles. The van der Waals surface area contributed by atoms with Crippen molar-refractivity contribution in [2.75, 3.05) is 5.75 Å². The Balaban J connectivity index is 2.12. The standard InChI is InChI=1S/C15H13NO3S/c16-14(17)9-20(18)15-10-5-1-3-7-12(10)19-13-8-4-2-6-11(13)15/h1-8,15H,9H2,(H2,16,17). The first-order chi connectivity index (χ1) is 9.66. The molecule has 0 saturated heterocycles. The minimum Gasteiger partial charge on any atom is -0.457 e. The van der Waals surface area contributed by atoms with Gasteiger partial charge in [0.25, 0.3) is 0 Å². The summed E-state index contributed by atoms with van der Waals surface area (Å²) in [4.78, 5) is 11.1. The molecule has 20 heavy (non-hydrogen) atoms. The molecule has 1 unspecified atom stereocenters. The molecule has 1 amide bonds. The Labute approximate surface area is 119 Å². The van der Waals surface area contributed by atoms with E-state index in [4.69, 9.17) is 10.5 Å². The van der Waals surface area contributed by atoms with Gasteiger partial charge in [-0.1, -0.05) is 36.4 Å².